The largest absolute Gasteiger partial charge is 0.354 e. The molecule has 12 heavy (non-hydrogen) atoms. The van der Waals surface area contributed by atoms with Crippen molar-refractivity contribution in [1.29, 1.82) is 0 Å². The number of azide groups is 1. The normalized spacial score (nSPS) is 8.67. The van der Waals surface area contributed by atoms with Crippen LogP contribution in [0.25, 0.3) is 10.4 Å². The molecule has 0 fully saturated rings. The molecule has 0 atom stereocenters. The Bertz CT molecular complexity index is 264. The lowest BCUT2D eigenvalue weighted by molar-refractivity contribution is 0.959. The van der Waals surface area contributed by atoms with E-state index in [1.165, 1.54) is 12.7 Å². The summed E-state index contributed by atoms with van der Waals surface area (Å²) < 4.78 is 0. The molecule has 1 aromatic rings. The van der Waals surface area contributed by atoms with Gasteiger partial charge in [0.2, 0.25) is 5.95 Å². The topological polar surface area (TPSA) is 99.5 Å². The van der Waals surface area contributed by atoms with Crippen LogP contribution in [0.1, 0.15) is 0 Å². The van der Waals surface area contributed by atoms with Gasteiger partial charge in [-0.25, -0.2) is 15.0 Å². The van der Waals surface area contributed by atoms with Crippen molar-refractivity contribution in [3.05, 3.63) is 23.1 Å². The summed E-state index contributed by atoms with van der Waals surface area (Å²) in [5.41, 5.74) is 7.95. The van der Waals surface area contributed by atoms with Crippen molar-refractivity contribution in [3.8, 4) is 0 Å². The van der Waals surface area contributed by atoms with Crippen molar-refractivity contribution < 1.29 is 0 Å². The first-order valence-corrected chi connectivity index (χ1v) is 3.30. The lowest BCUT2D eigenvalue weighted by atomic mass is 10.6. The van der Waals surface area contributed by atoms with Gasteiger partial charge in [0.25, 0.3) is 0 Å². The van der Waals surface area contributed by atoms with Crippen LogP contribution in [0.2, 0.25) is 0 Å². The third-order valence-electron chi connectivity index (χ3n) is 1.05. The fourth-order valence-corrected chi connectivity index (χ4v) is 0.593. The summed E-state index contributed by atoms with van der Waals surface area (Å²) in [6, 6.07) is 0. The van der Waals surface area contributed by atoms with Crippen molar-refractivity contribution in [2.24, 2.45) is 5.11 Å². The van der Waals surface area contributed by atoms with Gasteiger partial charge in [0.15, 0.2) is 0 Å². The maximum Gasteiger partial charge on any atom is 0.225 e. The molecule has 7 heteroatoms. The molecule has 7 nitrogen and oxygen atoms in total. The van der Waals surface area contributed by atoms with Gasteiger partial charge in [0, 0.05) is 18.0 Å². The molecule has 0 saturated carbocycles. The van der Waals surface area contributed by atoms with E-state index < -0.39 is 0 Å². The second-order valence-corrected chi connectivity index (χ2v) is 1.84. The molecule has 0 aromatic carbocycles. The lowest BCUT2D eigenvalue weighted by Gasteiger charge is -1.98. The Labute approximate surface area is 68.5 Å². The molecule has 0 radical (unpaired) electrons. The van der Waals surface area contributed by atoms with E-state index in [1.807, 2.05) is 0 Å². The molecule has 0 spiro atoms. The molecule has 0 aliphatic carbocycles. The zero-order valence-electron chi connectivity index (χ0n) is 6.25. The summed E-state index contributed by atoms with van der Waals surface area (Å²) in [6.07, 6.45) is 2.78. The van der Waals surface area contributed by atoms with E-state index in [4.69, 9.17) is 5.53 Å². The number of anilines is 1. The number of rotatable bonds is 4. The van der Waals surface area contributed by atoms with Crippen LogP contribution < -0.4 is 5.32 Å². The molecule has 1 aromatic heterocycles. The molecule has 0 bridgehead atoms. The van der Waals surface area contributed by atoms with Gasteiger partial charge in [-0.3, -0.25) is 0 Å². The van der Waals surface area contributed by atoms with Crippen LogP contribution in [0, 0.1) is 0 Å². The lowest BCUT2D eigenvalue weighted by Crippen LogP contribution is -2.07. The Kier molecular flexibility index (Phi) is 3.33. The van der Waals surface area contributed by atoms with Gasteiger partial charge in [-0.2, -0.15) is 0 Å². The SMILES string of the molecule is [N-]=[N+]=NCCNc1ncncn1. The molecule has 1 N–H and O–H groups in total. The van der Waals surface area contributed by atoms with Crippen LogP contribution in [0.4, 0.5) is 5.95 Å². The molecule has 0 saturated heterocycles. The zero-order chi connectivity index (χ0) is 8.65. The highest BCUT2D eigenvalue weighted by Gasteiger charge is 1.89. The Morgan fingerprint density at radius 3 is 2.92 bits per heavy atom. The molecule has 1 heterocycles. The van der Waals surface area contributed by atoms with Gasteiger partial charge in [-0.15, -0.1) is 0 Å². The van der Waals surface area contributed by atoms with E-state index in [1.54, 1.807) is 0 Å². The molecule has 0 aliphatic rings. The summed E-state index contributed by atoms with van der Waals surface area (Å²) in [5.74, 6) is 0.484. The van der Waals surface area contributed by atoms with Gasteiger partial charge in [-0.1, -0.05) is 5.11 Å². The van der Waals surface area contributed by atoms with E-state index in [9.17, 15) is 0 Å². The molecular formula is C5H7N7. The van der Waals surface area contributed by atoms with Crippen LogP contribution >= 0.6 is 0 Å². The van der Waals surface area contributed by atoms with E-state index >= 15 is 0 Å². The zero-order valence-corrected chi connectivity index (χ0v) is 6.25. The molecular weight excluding hydrogens is 158 g/mol. The van der Waals surface area contributed by atoms with Gasteiger partial charge in [0.05, 0.1) is 0 Å². The number of aromatic nitrogens is 3. The van der Waals surface area contributed by atoms with Gasteiger partial charge < -0.3 is 5.32 Å². The van der Waals surface area contributed by atoms with E-state index in [-0.39, 0.29) is 0 Å². The first kappa shape index (κ1) is 8.22. The maximum atomic E-state index is 7.95. The van der Waals surface area contributed by atoms with E-state index in [0.29, 0.717) is 19.0 Å². The Morgan fingerprint density at radius 2 is 2.25 bits per heavy atom. The highest BCUT2D eigenvalue weighted by Crippen LogP contribution is 1.89. The highest BCUT2D eigenvalue weighted by atomic mass is 15.2. The van der Waals surface area contributed by atoms with Crippen LogP contribution in [0.3, 0.4) is 0 Å². The summed E-state index contributed by atoms with van der Waals surface area (Å²) in [4.78, 5) is 13.9. The Hall–Kier alpha value is -1.88. The molecule has 62 valence electrons. The Morgan fingerprint density at radius 1 is 1.50 bits per heavy atom. The second kappa shape index (κ2) is 4.86. The number of nitrogens with one attached hydrogen (secondary N) is 1. The number of hydrogen-bond acceptors (Lipinski definition) is 5. The van der Waals surface area contributed by atoms with Crippen LogP contribution in [-0.4, -0.2) is 28.0 Å². The summed E-state index contributed by atoms with van der Waals surface area (Å²) >= 11 is 0. The van der Waals surface area contributed by atoms with E-state index in [2.05, 4.69) is 30.3 Å². The Balaban J connectivity index is 2.29. The van der Waals surface area contributed by atoms with Crippen molar-refractivity contribution in [1.82, 2.24) is 15.0 Å². The minimum Gasteiger partial charge on any atom is -0.354 e. The fourth-order valence-electron chi connectivity index (χ4n) is 0.593. The van der Waals surface area contributed by atoms with Crippen molar-refractivity contribution in [3.63, 3.8) is 0 Å². The molecule has 0 amide bonds. The number of hydrogen-bond donors (Lipinski definition) is 1. The minimum absolute atomic E-state index is 0.377. The fraction of sp³-hybridized carbons (Fsp3) is 0.400. The van der Waals surface area contributed by atoms with Gasteiger partial charge >= 0.3 is 0 Å². The predicted molar refractivity (Wildman–Crippen MR) is 42.3 cm³/mol. The average Bonchev–Trinajstić information content (AvgIpc) is 2.14. The van der Waals surface area contributed by atoms with Crippen molar-refractivity contribution in [2.45, 2.75) is 0 Å². The quantitative estimate of drug-likeness (QED) is 0.305. The van der Waals surface area contributed by atoms with Gasteiger partial charge in [0.1, 0.15) is 12.7 Å². The number of nitrogens with zero attached hydrogens (tertiary/aromatic N) is 6. The first-order valence-electron chi connectivity index (χ1n) is 3.30. The molecule has 0 aliphatic heterocycles. The first-order chi connectivity index (χ1) is 5.93. The second-order valence-electron chi connectivity index (χ2n) is 1.84. The molecule has 1 rings (SSSR count). The third kappa shape index (κ3) is 2.80. The highest BCUT2D eigenvalue weighted by molar-refractivity contribution is 5.20. The summed E-state index contributed by atoms with van der Waals surface area (Å²) in [6.45, 7) is 0.899. The maximum absolute atomic E-state index is 7.95. The molecule has 0 unspecified atom stereocenters. The summed E-state index contributed by atoms with van der Waals surface area (Å²) in [7, 11) is 0. The minimum atomic E-state index is 0.377. The van der Waals surface area contributed by atoms with Crippen LogP contribution in [-0.2, 0) is 0 Å². The third-order valence-corrected chi connectivity index (χ3v) is 1.05. The smallest absolute Gasteiger partial charge is 0.225 e. The van der Waals surface area contributed by atoms with Crippen LogP contribution in [0.5, 0.6) is 0 Å². The van der Waals surface area contributed by atoms with Crippen LogP contribution in [0.15, 0.2) is 17.8 Å². The monoisotopic (exact) mass is 165 g/mol. The van der Waals surface area contributed by atoms with Crippen molar-refractivity contribution >= 4 is 5.95 Å². The van der Waals surface area contributed by atoms with Crippen molar-refractivity contribution in [2.75, 3.05) is 18.4 Å². The van der Waals surface area contributed by atoms with E-state index in [0.717, 1.165) is 0 Å². The average molecular weight is 165 g/mol. The predicted octanol–water partition coefficient (Wildman–Crippen LogP) is 0.594. The standard InChI is InChI=1S/C5H7N7/c6-12-11-2-1-8-5-9-3-7-4-10-5/h3-4H,1-2H2,(H,7,8,9,10). The van der Waals surface area contributed by atoms with Gasteiger partial charge in [-0.05, 0) is 5.53 Å². The summed E-state index contributed by atoms with van der Waals surface area (Å²) in [5, 5.41) is 6.19.